The van der Waals surface area contributed by atoms with Gasteiger partial charge in [0.05, 0.1) is 23.5 Å². The largest absolute Gasteiger partial charge is 0.378 e. The Morgan fingerprint density at radius 1 is 1.08 bits per heavy atom. The first-order valence-electron chi connectivity index (χ1n) is 8.10. The molecular formula is C20H20N4O. The Hall–Kier alpha value is -3.21. The van der Waals surface area contributed by atoms with E-state index in [2.05, 4.69) is 15.3 Å². The first-order valence-corrected chi connectivity index (χ1v) is 8.10. The van der Waals surface area contributed by atoms with E-state index in [1.165, 1.54) is 0 Å². The molecule has 1 aromatic carbocycles. The third kappa shape index (κ3) is 4.64. The summed E-state index contributed by atoms with van der Waals surface area (Å²) >= 11 is 0. The number of hydrogen-bond donors (Lipinski definition) is 1. The Balaban J connectivity index is 1.64. The molecule has 0 radical (unpaired) electrons. The quantitative estimate of drug-likeness (QED) is 0.752. The molecule has 2 aromatic heterocycles. The predicted molar refractivity (Wildman–Crippen MR) is 98.0 cm³/mol. The van der Waals surface area contributed by atoms with Crippen molar-refractivity contribution in [3.63, 3.8) is 0 Å². The number of anilines is 1. The molecule has 0 bridgehead atoms. The lowest BCUT2D eigenvalue weighted by Crippen LogP contribution is -2.26. The van der Waals surface area contributed by atoms with Crippen molar-refractivity contribution >= 4 is 11.6 Å². The Morgan fingerprint density at radius 3 is 2.64 bits per heavy atom. The van der Waals surface area contributed by atoms with E-state index in [1.807, 2.05) is 54.6 Å². The van der Waals surface area contributed by atoms with Gasteiger partial charge in [-0.05, 0) is 23.8 Å². The van der Waals surface area contributed by atoms with Crippen molar-refractivity contribution in [3.8, 4) is 0 Å². The van der Waals surface area contributed by atoms with Crippen LogP contribution >= 0.6 is 0 Å². The second-order valence-electron chi connectivity index (χ2n) is 5.78. The molecule has 0 fully saturated rings. The topological polar surface area (TPSA) is 58.1 Å². The van der Waals surface area contributed by atoms with Crippen LogP contribution in [0.25, 0.3) is 0 Å². The second kappa shape index (κ2) is 8.06. The monoisotopic (exact) mass is 332 g/mol. The summed E-state index contributed by atoms with van der Waals surface area (Å²) in [6.07, 6.45) is 5.06. The minimum absolute atomic E-state index is 0.0576. The first-order chi connectivity index (χ1) is 12.2. The molecule has 0 spiro atoms. The molecule has 0 aliphatic carbocycles. The van der Waals surface area contributed by atoms with Crippen LogP contribution in [0.1, 0.15) is 21.6 Å². The molecule has 3 aromatic rings. The van der Waals surface area contributed by atoms with E-state index in [1.54, 1.807) is 30.5 Å². The van der Waals surface area contributed by atoms with E-state index < -0.39 is 0 Å². The molecule has 0 atom stereocenters. The summed E-state index contributed by atoms with van der Waals surface area (Å²) in [6, 6.07) is 17.5. The zero-order chi connectivity index (χ0) is 17.5. The van der Waals surface area contributed by atoms with Crippen LogP contribution in [0, 0.1) is 0 Å². The number of pyridine rings is 2. The molecule has 2 heterocycles. The third-order valence-corrected chi connectivity index (χ3v) is 3.79. The normalized spacial score (nSPS) is 10.3. The molecule has 0 saturated heterocycles. The maximum Gasteiger partial charge on any atom is 0.255 e. The van der Waals surface area contributed by atoms with Gasteiger partial charge in [0.15, 0.2) is 0 Å². The number of rotatable bonds is 6. The van der Waals surface area contributed by atoms with E-state index in [0.29, 0.717) is 18.7 Å². The van der Waals surface area contributed by atoms with Crippen molar-refractivity contribution in [2.75, 3.05) is 12.4 Å². The molecular weight excluding hydrogens is 312 g/mol. The standard InChI is InChI=1S/C20H20N4O/c1-24(15-16-7-3-2-4-8-16)20(25)17-11-19(13-21-12-17)23-14-18-9-5-6-10-22-18/h2-13,23H,14-15H2,1H3. The lowest BCUT2D eigenvalue weighted by atomic mass is 10.2. The highest BCUT2D eigenvalue weighted by molar-refractivity contribution is 5.94. The van der Waals surface area contributed by atoms with Crippen LogP contribution in [0.15, 0.2) is 73.2 Å². The number of nitrogens with one attached hydrogen (secondary N) is 1. The highest BCUT2D eigenvalue weighted by Gasteiger charge is 2.13. The number of carbonyl (C=O) groups excluding carboxylic acids is 1. The molecule has 3 rings (SSSR count). The van der Waals surface area contributed by atoms with Crippen LogP contribution in [0.3, 0.4) is 0 Å². The van der Waals surface area contributed by atoms with Gasteiger partial charge in [0.1, 0.15) is 0 Å². The summed E-state index contributed by atoms with van der Waals surface area (Å²) < 4.78 is 0. The lowest BCUT2D eigenvalue weighted by molar-refractivity contribution is 0.0784. The number of hydrogen-bond acceptors (Lipinski definition) is 4. The van der Waals surface area contributed by atoms with Crippen molar-refractivity contribution in [1.29, 1.82) is 0 Å². The van der Waals surface area contributed by atoms with Crippen LogP contribution in [-0.4, -0.2) is 27.8 Å². The maximum absolute atomic E-state index is 12.6. The molecule has 126 valence electrons. The van der Waals surface area contributed by atoms with Gasteiger partial charge in [0.2, 0.25) is 0 Å². The van der Waals surface area contributed by atoms with Crippen molar-refractivity contribution in [3.05, 3.63) is 90.0 Å². The second-order valence-corrected chi connectivity index (χ2v) is 5.78. The Kier molecular flexibility index (Phi) is 5.36. The molecule has 0 aliphatic rings. The van der Waals surface area contributed by atoms with E-state index in [4.69, 9.17) is 0 Å². The van der Waals surface area contributed by atoms with Gasteiger partial charge >= 0.3 is 0 Å². The van der Waals surface area contributed by atoms with Crippen molar-refractivity contribution in [1.82, 2.24) is 14.9 Å². The number of nitrogens with zero attached hydrogens (tertiary/aromatic N) is 3. The number of benzene rings is 1. The van der Waals surface area contributed by atoms with E-state index >= 15 is 0 Å². The summed E-state index contributed by atoms with van der Waals surface area (Å²) in [6.45, 7) is 1.14. The molecule has 0 aliphatic heterocycles. The summed E-state index contributed by atoms with van der Waals surface area (Å²) in [5, 5.41) is 3.25. The average molecular weight is 332 g/mol. The summed E-state index contributed by atoms with van der Waals surface area (Å²) in [7, 11) is 1.79. The Morgan fingerprint density at radius 2 is 1.88 bits per heavy atom. The van der Waals surface area contributed by atoms with Crippen molar-refractivity contribution < 1.29 is 4.79 Å². The highest BCUT2D eigenvalue weighted by atomic mass is 16.2. The average Bonchev–Trinajstić information content (AvgIpc) is 2.67. The molecule has 1 N–H and O–H groups in total. The van der Waals surface area contributed by atoms with Crippen LogP contribution in [-0.2, 0) is 13.1 Å². The number of aromatic nitrogens is 2. The minimum Gasteiger partial charge on any atom is -0.378 e. The highest BCUT2D eigenvalue weighted by Crippen LogP contribution is 2.13. The summed E-state index contributed by atoms with van der Waals surface area (Å²) in [5.74, 6) is -0.0576. The SMILES string of the molecule is CN(Cc1ccccc1)C(=O)c1cncc(NCc2ccccn2)c1. The van der Waals surface area contributed by atoms with Crippen LogP contribution in [0.5, 0.6) is 0 Å². The summed E-state index contributed by atoms with van der Waals surface area (Å²) in [5.41, 5.74) is 3.38. The van der Waals surface area contributed by atoms with Gasteiger partial charge in [-0.15, -0.1) is 0 Å². The Labute approximate surface area is 147 Å². The van der Waals surface area contributed by atoms with Crippen molar-refractivity contribution in [2.45, 2.75) is 13.1 Å². The van der Waals surface area contributed by atoms with Gasteiger partial charge < -0.3 is 10.2 Å². The van der Waals surface area contributed by atoms with Gasteiger partial charge in [0, 0.05) is 32.2 Å². The van der Waals surface area contributed by atoms with Gasteiger partial charge in [-0.1, -0.05) is 36.4 Å². The third-order valence-electron chi connectivity index (χ3n) is 3.79. The van der Waals surface area contributed by atoms with Crippen LogP contribution < -0.4 is 5.32 Å². The summed E-state index contributed by atoms with van der Waals surface area (Å²) in [4.78, 5) is 22.8. The van der Waals surface area contributed by atoms with E-state index in [0.717, 1.165) is 16.9 Å². The molecule has 0 unspecified atom stereocenters. The Bertz CT molecular complexity index is 821. The lowest BCUT2D eigenvalue weighted by Gasteiger charge is -2.17. The first kappa shape index (κ1) is 16.6. The smallest absolute Gasteiger partial charge is 0.255 e. The van der Waals surface area contributed by atoms with Gasteiger partial charge in [-0.2, -0.15) is 0 Å². The number of carbonyl (C=O) groups is 1. The molecule has 1 amide bonds. The predicted octanol–water partition coefficient (Wildman–Crippen LogP) is 3.36. The zero-order valence-electron chi connectivity index (χ0n) is 14.1. The van der Waals surface area contributed by atoms with Gasteiger partial charge in [-0.3, -0.25) is 14.8 Å². The molecule has 5 heteroatoms. The molecule has 25 heavy (non-hydrogen) atoms. The molecule has 0 saturated carbocycles. The fourth-order valence-corrected chi connectivity index (χ4v) is 2.50. The maximum atomic E-state index is 12.6. The van der Waals surface area contributed by atoms with E-state index in [9.17, 15) is 4.79 Å². The van der Waals surface area contributed by atoms with E-state index in [-0.39, 0.29) is 5.91 Å². The molecule has 5 nitrogen and oxygen atoms in total. The van der Waals surface area contributed by atoms with Crippen LogP contribution in [0.4, 0.5) is 5.69 Å². The van der Waals surface area contributed by atoms with Crippen LogP contribution in [0.2, 0.25) is 0 Å². The number of amides is 1. The zero-order valence-corrected chi connectivity index (χ0v) is 14.1. The fourth-order valence-electron chi connectivity index (χ4n) is 2.50. The van der Waals surface area contributed by atoms with Crippen molar-refractivity contribution in [2.24, 2.45) is 0 Å². The fraction of sp³-hybridized carbons (Fsp3) is 0.150. The van der Waals surface area contributed by atoms with Gasteiger partial charge in [-0.25, -0.2) is 0 Å². The van der Waals surface area contributed by atoms with Gasteiger partial charge in [0.25, 0.3) is 5.91 Å². The minimum atomic E-state index is -0.0576.